The van der Waals surface area contributed by atoms with Crippen LogP contribution in [0.5, 0.6) is 0 Å². The minimum Gasteiger partial charge on any atom is -0.455 e. The Hall–Kier alpha value is -1.35. The first-order valence-electron chi connectivity index (χ1n) is 6.24. The van der Waals surface area contributed by atoms with Crippen molar-refractivity contribution in [3.63, 3.8) is 0 Å². The summed E-state index contributed by atoms with van der Waals surface area (Å²) in [5.74, 6) is -0.0193. The van der Waals surface area contributed by atoms with E-state index in [1.807, 2.05) is 24.3 Å². The van der Waals surface area contributed by atoms with Crippen molar-refractivity contribution in [1.82, 2.24) is 0 Å². The maximum Gasteiger partial charge on any atom is 0.328 e. The topological polar surface area (TPSA) is 38.7 Å². The zero-order valence-electron chi connectivity index (χ0n) is 9.93. The normalized spacial score (nSPS) is 27.2. The van der Waals surface area contributed by atoms with E-state index in [0.29, 0.717) is 0 Å². The molecular weight excluding hydrogens is 250 g/mol. The molecule has 4 heteroatoms. The SMILES string of the molecule is O=C1CN=C2C(CCCC2c2ccccc2Cl)O1. The number of ether oxygens (including phenoxy) is 1. The fourth-order valence-electron chi connectivity index (χ4n) is 2.78. The summed E-state index contributed by atoms with van der Waals surface area (Å²) in [4.78, 5) is 15.7. The van der Waals surface area contributed by atoms with Crippen molar-refractivity contribution in [1.29, 1.82) is 0 Å². The molecule has 0 saturated heterocycles. The monoisotopic (exact) mass is 263 g/mol. The number of hydrogen-bond donors (Lipinski definition) is 0. The van der Waals surface area contributed by atoms with Gasteiger partial charge in [-0.2, -0.15) is 0 Å². The maximum atomic E-state index is 11.3. The van der Waals surface area contributed by atoms with Crippen LogP contribution in [0.2, 0.25) is 5.02 Å². The second-order valence-corrected chi connectivity index (χ2v) is 5.13. The van der Waals surface area contributed by atoms with E-state index >= 15 is 0 Å². The van der Waals surface area contributed by atoms with Crippen LogP contribution in [-0.4, -0.2) is 24.3 Å². The number of benzene rings is 1. The van der Waals surface area contributed by atoms with Crippen molar-refractivity contribution in [3.8, 4) is 0 Å². The van der Waals surface area contributed by atoms with Crippen LogP contribution in [0, 0.1) is 0 Å². The smallest absolute Gasteiger partial charge is 0.328 e. The lowest BCUT2D eigenvalue weighted by atomic mass is 9.80. The molecule has 2 atom stereocenters. The highest BCUT2D eigenvalue weighted by Gasteiger charge is 2.35. The summed E-state index contributed by atoms with van der Waals surface area (Å²) in [6.07, 6.45) is 2.80. The Morgan fingerprint density at radius 3 is 2.94 bits per heavy atom. The fraction of sp³-hybridized carbons (Fsp3) is 0.429. The Bertz CT molecular complexity index is 512. The minimum atomic E-state index is -0.219. The number of fused-ring (bicyclic) bond motifs is 1. The Morgan fingerprint density at radius 2 is 2.11 bits per heavy atom. The molecule has 3 nitrogen and oxygen atoms in total. The molecule has 1 aromatic rings. The third-order valence-electron chi connectivity index (χ3n) is 3.59. The molecule has 2 aliphatic rings. The number of esters is 1. The summed E-state index contributed by atoms with van der Waals surface area (Å²) in [5.41, 5.74) is 2.09. The number of aliphatic imine (C=N–C) groups is 1. The average molecular weight is 264 g/mol. The number of carbonyl (C=O) groups excluding carboxylic acids is 1. The van der Waals surface area contributed by atoms with Crippen molar-refractivity contribution in [2.75, 3.05) is 6.54 Å². The highest BCUT2D eigenvalue weighted by molar-refractivity contribution is 6.31. The van der Waals surface area contributed by atoms with E-state index in [2.05, 4.69) is 4.99 Å². The molecule has 0 radical (unpaired) electrons. The van der Waals surface area contributed by atoms with E-state index in [1.54, 1.807) is 0 Å². The molecule has 0 spiro atoms. The number of rotatable bonds is 1. The molecule has 2 unspecified atom stereocenters. The third kappa shape index (κ3) is 2.03. The molecule has 0 N–H and O–H groups in total. The predicted molar refractivity (Wildman–Crippen MR) is 70.2 cm³/mol. The van der Waals surface area contributed by atoms with Gasteiger partial charge in [-0.3, -0.25) is 9.79 Å². The largest absolute Gasteiger partial charge is 0.455 e. The molecule has 1 heterocycles. The second kappa shape index (κ2) is 4.73. The van der Waals surface area contributed by atoms with Gasteiger partial charge in [0.2, 0.25) is 0 Å². The highest BCUT2D eigenvalue weighted by atomic mass is 35.5. The van der Waals surface area contributed by atoms with Crippen molar-refractivity contribution in [2.24, 2.45) is 4.99 Å². The second-order valence-electron chi connectivity index (χ2n) is 4.72. The molecule has 0 bridgehead atoms. The van der Waals surface area contributed by atoms with E-state index in [9.17, 15) is 4.79 Å². The lowest BCUT2D eigenvalue weighted by Crippen LogP contribution is -2.39. The third-order valence-corrected chi connectivity index (χ3v) is 3.94. The van der Waals surface area contributed by atoms with Crippen molar-refractivity contribution < 1.29 is 9.53 Å². The number of nitrogens with zero attached hydrogens (tertiary/aromatic N) is 1. The van der Waals surface area contributed by atoms with Crippen molar-refractivity contribution >= 4 is 23.3 Å². The lowest BCUT2D eigenvalue weighted by molar-refractivity contribution is -0.145. The summed E-state index contributed by atoms with van der Waals surface area (Å²) in [6, 6.07) is 7.85. The summed E-state index contributed by atoms with van der Waals surface area (Å²) < 4.78 is 5.37. The molecule has 1 aliphatic carbocycles. The van der Waals surface area contributed by atoms with Gasteiger partial charge < -0.3 is 4.74 Å². The summed E-state index contributed by atoms with van der Waals surface area (Å²) >= 11 is 6.25. The Kier molecular flexibility index (Phi) is 3.08. The van der Waals surface area contributed by atoms with Crippen molar-refractivity contribution in [3.05, 3.63) is 34.9 Å². The number of hydrogen-bond acceptors (Lipinski definition) is 3. The maximum absolute atomic E-state index is 11.3. The van der Waals surface area contributed by atoms with E-state index in [4.69, 9.17) is 16.3 Å². The molecule has 94 valence electrons. The zero-order valence-corrected chi connectivity index (χ0v) is 10.7. The van der Waals surface area contributed by atoms with Crippen LogP contribution in [-0.2, 0) is 9.53 Å². The van der Waals surface area contributed by atoms with Gasteiger partial charge in [-0.1, -0.05) is 29.8 Å². The van der Waals surface area contributed by atoms with Gasteiger partial charge >= 0.3 is 5.97 Å². The van der Waals surface area contributed by atoms with Gasteiger partial charge in [0.05, 0.1) is 5.71 Å². The van der Waals surface area contributed by atoms with Gasteiger partial charge in [0.1, 0.15) is 12.6 Å². The summed E-state index contributed by atoms with van der Waals surface area (Å²) in [6.45, 7) is 0.146. The molecule has 1 aliphatic heterocycles. The van der Waals surface area contributed by atoms with Crippen LogP contribution in [0.15, 0.2) is 29.3 Å². The van der Waals surface area contributed by atoms with Gasteiger partial charge in [-0.15, -0.1) is 0 Å². The van der Waals surface area contributed by atoms with Crippen LogP contribution >= 0.6 is 11.6 Å². The van der Waals surface area contributed by atoms with E-state index in [1.165, 1.54) is 0 Å². The Morgan fingerprint density at radius 1 is 1.28 bits per heavy atom. The molecule has 1 aromatic carbocycles. The van der Waals surface area contributed by atoms with Gasteiger partial charge in [-0.25, -0.2) is 0 Å². The highest BCUT2D eigenvalue weighted by Crippen LogP contribution is 2.36. The molecule has 18 heavy (non-hydrogen) atoms. The summed E-state index contributed by atoms with van der Waals surface area (Å²) in [5, 5.41) is 0.766. The van der Waals surface area contributed by atoms with Crippen LogP contribution in [0.25, 0.3) is 0 Å². The van der Waals surface area contributed by atoms with Crippen molar-refractivity contribution in [2.45, 2.75) is 31.3 Å². The standard InChI is InChI=1S/C14H14ClNO2/c15-11-6-2-1-4-9(11)10-5-3-7-12-14(10)16-8-13(17)18-12/h1-2,4,6,10,12H,3,5,7-8H2. The van der Waals surface area contributed by atoms with E-state index in [0.717, 1.165) is 35.6 Å². The zero-order chi connectivity index (χ0) is 12.5. The van der Waals surface area contributed by atoms with Gasteiger partial charge in [0.25, 0.3) is 0 Å². The van der Waals surface area contributed by atoms with Crippen LogP contribution in [0.3, 0.4) is 0 Å². The molecule has 0 amide bonds. The molecule has 0 aromatic heterocycles. The predicted octanol–water partition coefficient (Wildman–Crippen LogP) is 2.97. The van der Waals surface area contributed by atoms with E-state index in [-0.39, 0.29) is 24.5 Å². The average Bonchev–Trinajstić information content (AvgIpc) is 2.38. The van der Waals surface area contributed by atoms with Gasteiger partial charge in [0, 0.05) is 10.9 Å². The molecular formula is C14H14ClNO2. The Balaban J connectivity index is 1.97. The first kappa shape index (κ1) is 11.7. The minimum absolute atomic E-state index is 0.138. The van der Waals surface area contributed by atoms with Gasteiger partial charge in [0.15, 0.2) is 0 Å². The first-order chi connectivity index (χ1) is 8.75. The van der Waals surface area contributed by atoms with Crippen LogP contribution in [0.4, 0.5) is 0 Å². The lowest BCUT2D eigenvalue weighted by Gasteiger charge is -2.33. The molecule has 1 fully saturated rings. The quantitative estimate of drug-likeness (QED) is 0.731. The van der Waals surface area contributed by atoms with Crippen LogP contribution in [0.1, 0.15) is 30.7 Å². The van der Waals surface area contributed by atoms with E-state index < -0.39 is 0 Å². The molecule has 3 rings (SSSR count). The van der Waals surface area contributed by atoms with Crippen LogP contribution < -0.4 is 0 Å². The number of halogens is 1. The van der Waals surface area contributed by atoms with Gasteiger partial charge in [-0.05, 0) is 30.9 Å². The Labute approximate surface area is 111 Å². The number of carbonyl (C=O) groups is 1. The molecule has 1 saturated carbocycles. The fourth-order valence-corrected chi connectivity index (χ4v) is 3.05. The summed E-state index contributed by atoms with van der Waals surface area (Å²) in [7, 11) is 0. The first-order valence-corrected chi connectivity index (χ1v) is 6.61.